The standard InChI is InChI=1S/C21H26N2O2/c1-15-12-17(13-22)14-23(15)21(24)16(2)25-20-10-8-19(9-11-20)18-6-4-3-5-7-18/h3-11,15-17H,12-14,22H2,1-2H3. The molecule has 4 heteroatoms. The van der Waals surface area contributed by atoms with Crippen LogP contribution in [0.25, 0.3) is 11.1 Å². The summed E-state index contributed by atoms with van der Waals surface area (Å²) in [6.07, 6.45) is 0.474. The minimum absolute atomic E-state index is 0.0376. The van der Waals surface area contributed by atoms with Gasteiger partial charge in [-0.05, 0) is 56.0 Å². The van der Waals surface area contributed by atoms with E-state index in [2.05, 4.69) is 19.1 Å². The molecule has 3 unspecified atom stereocenters. The second-order valence-electron chi connectivity index (χ2n) is 6.83. The summed E-state index contributed by atoms with van der Waals surface area (Å²) in [5, 5.41) is 0. The van der Waals surface area contributed by atoms with Gasteiger partial charge in [0.25, 0.3) is 5.91 Å². The Bertz CT molecular complexity index is 700. The molecule has 2 aromatic carbocycles. The van der Waals surface area contributed by atoms with Crippen molar-refractivity contribution in [2.75, 3.05) is 13.1 Å². The fourth-order valence-electron chi connectivity index (χ4n) is 3.46. The number of rotatable bonds is 5. The Hall–Kier alpha value is -2.33. The zero-order chi connectivity index (χ0) is 17.8. The minimum atomic E-state index is -0.499. The lowest BCUT2D eigenvalue weighted by atomic mass is 10.1. The maximum Gasteiger partial charge on any atom is 0.263 e. The highest BCUT2D eigenvalue weighted by Gasteiger charge is 2.34. The first-order valence-electron chi connectivity index (χ1n) is 8.91. The van der Waals surface area contributed by atoms with Crippen LogP contribution in [-0.4, -0.2) is 36.0 Å². The number of carbonyl (C=O) groups is 1. The summed E-state index contributed by atoms with van der Waals surface area (Å²) in [5.74, 6) is 1.15. The number of hydrogen-bond acceptors (Lipinski definition) is 3. The number of benzene rings is 2. The van der Waals surface area contributed by atoms with E-state index >= 15 is 0 Å². The van der Waals surface area contributed by atoms with Gasteiger partial charge in [0.15, 0.2) is 6.10 Å². The molecule has 4 nitrogen and oxygen atoms in total. The molecule has 2 aromatic rings. The lowest BCUT2D eigenvalue weighted by Gasteiger charge is -2.25. The molecular weight excluding hydrogens is 312 g/mol. The molecule has 0 radical (unpaired) electrons. The van der Waals surface area contributed by atoms with Gasteiger partial charge >= 0.3 is 0 Å². The molecule has 0 aromatic heterocycles. The van der Waals surface area contributed by atoms with Crippen LogP contribution in [0.3, 0.4) is 0 Å². The number of amides is 1. The lowest BCUT2D eigenvalue weighted by Crippen LogP contribution is -2.42. The SMILES string of the molecule is CC(Oc1ccc(-c2ccccc2)cc1)C(=O)N1CC(CN)CC1C. The summed E-state index contributed by atoms with van der Waals surface area (Å²) >= 11 is 0. The van der Waals surface area contributed by atoms with Crippen LogP contribution in [0.5, 0.6) is 5.75 Å². The van der Waals surface area contributed by atoms with E-state index in [-0.39, 0.29) is 11.9 Å². The first-order chi connectivity index (χ1) is 12.1. The van der Waals surface area contributed by atoms with Gasteiger partial charge in [-0.25, -0.2) is 0 Å². The van der Waals surface area contributed by atoms with Gasteiger partial charge in [-0.15, -0.1) is 0 Å². The maximum atomic E-state index is 12.7. The monoisotopic (exact) mass is 338 g/mol. The van der Waals surface area contributed by atoms with Crippen molar-refractivity contribution < 1.29 is 9.53 Å². The molecule has 1 aliphatic rings. The second-order valence-corrected chi connectivity index (χ2v) is 6.83. The van der Waals surface area contributed by atoms with Gasteiger partial charge in [0.05, 0.1) is 0 Å². The summed E-state index contributed by atoms with van der Waals surface area (Å²) in [6, 6.07) is 18.3. The van der Waals surface area contributed by atoms with Crippen LogP contribution in [0.1, 0.15) is 20.3 Å². The Morgan fingerprint density at radius 1 is 1.16 bits per heavy atom. The Morgan fingerprint density at radius 3 is 2.40 bits per heavy atom. The number of nitrogens with two attached hydrogens (primary N) is 1. The molecule has 2 N–H and O–H groups in total. The topological polar surface area (TPSA) is 55.6 Å². The van der Waals surface area contributed by atoms with Gasteiger partial charge < -0.3 is 15.4 Å². The molecule has 0 bridgehead atoms. The molecule has 1 fully saturated rings. The predicted molar refractivity (Wildman–Crippen MR) is 100 cm³/mol. The predicted octanol–water partition coefficient (Wildman–Crippen LogP) is 3.32. The van der Waals surface area contributed by atoms with E-state index in [1.54, 1.807) is 0 Å². The fraction of sp³-hybridized carbons (Fsp3) is 0.381. The van der Waals surface area contributed by atoms with E-state index in [4.69, 9.17) is 10.5 Å². The normalized spacial score (nSPS) is 21.2. The molecule has 0 aliphatic carbocycles. The van der Waals surface area contributed by atoms with E-state index in [0.29, 0.717) is 18.2 Å². The highest BCUT2D eigenvalue weighted by Crippen LogP contribution is 2.25. The summed E-state index contributed by atoms with van der Waals surface area (Å²) in [6.45, 7) is 5.26. The molecule has 1 heterocycles. The van der Waals surface area contributed by atoms with Crippen molar-refractivity contribution in [1.29, 1.82) is 0 Å². The number of ether oxygens (including phenoxy) is 1. The van der Waals surface area contributed by atoms with E-state index in [9.17, 15) is 4.79 Å². The lowest BCUT2D eigenvalue weighted by molar-refractivity contribution is -0.138. The number of hydrogen-bond donors (Lipinski definition) is 1. The van der Waals surface area contributed by atoms with E-state index in [1.807, 2.05) is 54.3 Å². The number of likely N-dealkylation sites (tertiary alicyclic amines) is 1. The van der Waals surface area contributed by atoms with E-state index < -0.39 is 6.10 Å². The van der Waals surface area contributed by atoms with Crippen LogP contribution in [-0.2, 0) is 4.79 Å². The molecule has 25 heavy (non-hydrogen) atoms. The summed E-state index contributed by atoms with van der Waals surface area (Å²) in [5.41, 5.74) is 8.05. The zero-order valence-corrected chi connectivity index (χ0v) is 14.9. The smallest absolute Gasteiger partial charge is 0.263 e. The highest BCUT2D eigenvalue weighted by molar-refractivity contribution is 5.81. The average Bonchev–Trinajstić information content (AvgIpc) is 3.03. The van der Waals surface area contributed by atoms with Crippen molar-refractivity contribution in [1.82, 2.24) is 4.90 Å². The van der Waals surface area contributed by atoms with Gasteiger partial charge in [-0.2, -0.15) is 0 Å². The zero-order valence-electron chi connectivity index (χ0n) is 14.9. The minimum Gasteiger partial charge on any atom is -0.481 e. The van der Waals surface area contributed by atoms with Crippen LogP contribution in [0.15, 0.2) is 54.6 Å². The van der Waals surface area contributed by atoms with E-state index in [0.717, 1.165) is 24.1 Å². The van der Waals surface area contributed by atoms with Gasteiger partial charge in [-0.3, -0.25) is 4.79 Å². The highest BCUT2D eigenvalue weighted by atomic mass is 16.5. The molecule has 3 rings (SSSR count). The van der Waals surface area contributed by atoms with Crippen LogP contribution in [0, 0.1) is 5.92 Å². The molecule has 1 saturated heterocycles. The molecule has 3 atom stereocenters. The second kappa shape index (κ2) is 7.70. The Balaban J connectivity index is 1.63. The first-order valence-corrected chi connectivity index (χ1v) is 8.91. The van der Waals surface area contributed by atoms with Gasteiger partial charge in [0, 0.05) is 12.6 Å². The Morgan fingerprint density at radius 2 is 1.80 bits per heavy atom. The molecule has 1 aliphatic heterocycles. The average molecular weight is 338 g/mol. The summed E-state index contributed by atoms with van der Waals surface area (Å²) in [4.78, 5) is 14.6. The number of carbonyl (C=O) groups excluding carboxylic acids is 1. The van der Waals surface area contributed by atoms with Crippen LogP contribution in [0.2, 0.25) is 0 Å². The van der Waals surface area contributed by atoms with Crippen molar-refractivity contribution in [2.45, 2.75) is 32.4 Å². The summed E-state index contributed by atoms with van der Waals surface area (Å²) in [7, 11) is 0. The maximum absolute atomic E-state index is 12.7. The van der Waals surface area contributed by atoms with Crippen molar-refractivity contribution in [3.05, 3.63) is 54.6 Å². The number of nitrogens with zero attached hydrogens (tertiary/aromatic N) is 1. The summed E-state index contributed by atoms with van der Waals surface area (Å²) < 4.78 is 5.87. The van der Waals surface area contributed by atoms with Crippen LogP contribution in [0.4, 0.5) is 0 Å². The fourth-order valence-corrected chi connectivity index (χ4v) is 3.46. The molecule has 1 amide bonds. The Kier molecular flexibility index (Phi) is 5.39. The van der Waals surface area contributed by atoms with Gasteiger partial charge in [0.1, 0.15) is 5.75 Å². The molecule has 0 saturated carbocycles. The molecule has 132 valence electrons. The van der Waals surface area contributed by atoms with Crippen molar-refractivity contribution in [3.8, 4) is 16.9 Å². The first kappa shape index (κ1) is 17.5. The van der Waals surface area contributed by atoms with Crippen LogP contribution < -0.4 is 10.5 Å². The quantitative estimate of drug-likeness (QED) is 0.910. The third-order valence-electron chi connectivity index (χ3n) is 4.90. The molecular formula is C21H26N2O2. The molecule has 0 spiro atoms. The van der Waals surface area contributed by atoms with Crippen molar-refractivity contribution >= 4 is 5.91 Å². The van der Waals surface area contributed by atoms with E-state index in [1.165, 1.54) is 0 Å². The Labute approximate surface area is 149 Å². The largest absolute Gasteiger partial charge is 0.481 e. The third-order valence-corrected chi connectivity index (χ3v) is 4.90. The third kappa shape index (κ3) is 4.02. The van der Waals surface area contributed by atoms with Gasteiger partial charge in [0.2, 0.25) is 0 Å². The van der Waals surface area contributed by atoms with Gasteiger partial charge in [-0.1, -0.05) is 42.5 Å². The van der Waals surface area contributed by atoms with Crippen molar-refractivity contribution in [2.24, 2.45) is 11.7 Å². The van der Waals surface area contributed by atoms with Crippen molar-refractivity contribution in [3.63, 3.8) is 0 Å². The van der Waals surface area contributed by atoms with Crippen LogP contribution >= 0.6 is 0 Å².